The van der Waals surface area contributed by atoms with Crippen LogP contribution in [-0.4, -0.2) is 19.9 Å². The van der Waals surface area contributed by atoms with Crippen molar-refractivity contribution in [2.45, 2.75) is 26.2 Å². The van der Waals surface area contributed by atoms with Crippen molar-refractivity contribution in [3.8, 4) is 0 Å². The molecule has 0 aliphatic carbocycles. The maximum Gasteiger partial charge on any atom is 0.118 e. The molecule has 0 saturated heterocycles. The highest BCUT2D eigenvalue weighted by atomic mass is 32.2. The fourth-order valence-corrected chi connectivity index (χ4v) is 5.02. The van der Waals surface area contributed by atoms with Gasteiger partial charge in [-0.3, -0.25) is 0 Å². The first kappa shape index (κ1) is 21.1. The molecule has 1 aliphatic rings. The van der Waals surface area contributed by atoms with Gasteiger partial charge in [0.1, 0.15) is 6.73 Å². The zero-order valence-corrected chi connectivity index (χ0v) is 18.0. The summed E-state index contributed by atoms with van der Waals surface area (Å²) in [6, 6.07) is 19.4. The van der Waals surface area contributed by atoms with Crippen molar-refractivity contribution in [1.29, 1.82) is 0 Å². The highest BCUT2D eigenvalue weighted by Crippen LogP contribution is 2.46. The summed E-state index contributed by atoms with van der Waals surface area (Å²) < 4.78 is 9.20. The average molecular weight is 413 g/mol. The smallest absolute Gasteiger partial charge is 0.118 e. The Bertz CT molecular complexity index is 775. The van der Waals surface area contributed by atoms with Gasteiger partial charge in [0, 0.05) is 28.6 Å². The van der Waals surface area contributed by atoms with Crippen LogP contribution in [0.25, 0.3) is 9.81 Å². The Kier molecular flexibility index (Phi) is 8.55. The van der Waals surface area contributed by atoms with Crippen molar-refractivity contribution >= 4 is 39.4 Å². The zero-order valence-electron chi connectivity index (χ0n) is 16.4. The monoisotopic (exact) mass is 412 g/mol. The van der Waals surface area contributed by atoms with Crippen LogP contribution in [0.1, 0.15) is 37.3 Å². The molecule has 3 nitrogen and oxygen atoms in total. The minimum absolute atomic E-state index is 0.633. The van der Waals surface area contributed by atoms with Gasteiger partial charge in [0.05, 0.1) is 0 Å². The van der Waals surface area contributed by atoms with Gasteiger partial charge in [-0.05, 0) is 73.3 Å². The third-order valence-electron chi connectivity index (χ3n) is 4.60. The van der Waals surface area contributed by atoms with E-state index < -0.39 is 0 Å². The molecule has 0 radical (unpaired) electrons. The van der Waals surface area contributed by atoms with Crippen LogP contribution < -0.4 is 9.03 Å². The molecule has 1 N–H and O–H groups in total. The number of ether oxygens (including phenoxy) is 1. The number of nitrogens with zero attached hydrogens (tertiary/aromatic N) is 1. The second kappa shape index (κ2) is 11.4. The summed E-state index contributed by atoms with van der Waals surface area (Å²) >= 11 is 3.38. The Labute approximate surface area is 177 Å². The largest absolute Gasteiger partial charge is 0.361 e. The number of unbranched alkanes of at least 4 members (excludes halogenated alkanes) is 2. The summed E-state index contributed by atoms with van der Waals surface area (Å²) in [6.07, 6.45) is 5.26. The van der Waals surface area contributed by atoms with Crippen LogP contribution in [0.3, 0.4) is 0 Å². The molecule has 0 saturated carbocycles. The molecule has 1 heterocycles. The Morgan fingerprint density at radius 3 is 2.29 bits per heavy atom. The van der Waals surface area contributed by atoms with Gasteiger partial charge in [-0.25, -0.2) is 0 Å². The number of hydrogen-bond donors (Lipinski definition) is 1. The Balaban J connectivity index is 1.64. The minimum Gasteiger partial charge on any atom is -0.361 e. The van der Waals surface area contributed by atoms with Crippen LogP contribution in [-0.2, 0) is 4.74 Å². The highest BCUT2D eigenvalue weighted by Gasteiger charge is 2.19. The summed E-state index contributed by atoms with van der Waals surface area (Å²) in [6.45, 7) is 8.28. The lowest BCUT2D eigenvalue weighted by Crippen LogP contribution is -2.26. The number of nitrogens with one attached hydrogen (secondary N) is 1. The van der Waals surface area contributed by atoms with E-state index >= 15 is 0 Å². The maximum absolute atomic E-state index is 5.86. The van der Waals surface area contributed by atoms with Gasteiger partial charge in [-0.2, -0.15) is 4.13 Å². The molecule has 0 unspecified atom stereocenters. The first-order valence-electron chi connectivity index (χ1n) is 9.76. The summed E-state index contributed by atoms with van der Waals surface area (Å²) in [5, 5.41) is 0. The van der Waals surface area contributed by atoms with Gasteiger partial charge < -0.3 is 9.64 Å². The van der Waals surface area contributed by atoms with E-state index in [-0.39, 0.29) is 0 Å². The predicted molar refractivity (Wildman–Crippen MR) is 126 cm³/mol. The first-order chi connectivity index (χ1) is 13.8. The van der Waals surface area contributed by atoms with E-state index in [1.807, 2.05) is 6.08 Å². The molecule has 5 heteroatoms. The topological polar surface area (TPSA) is 24.5 Å². The Morgan fingerprint density at radius 1 is 0.964 bits per heavy atom. The number of allylic oxidation sites excluding steroid dienone is 1. The molecule has 148 valence electrons. The zero-order chi connectivity index (χ0) is 19.6. The molecule has 3 rings (SSSR count). The molecule has 0 spiro atoms. The predicted octanol–water partition coefficient (Wildman–Crippen LogP) is 6.57. The van der Waals surface area contributed by atoms with Crippen molar-refractivity contribution in [3.05, 3.63) is 78.4 Å². The number of benzene rings is 2. The second-order valence-corrected chi connectivity index (χ2v) is 8.43. The van der Waals surface area contributed by atoms with Crippen molar-refractivity contribution in [3.63, 3.8) is 0 Å². The molecule has 1 aliphatic heterocycles. The molecule has 2 aromatic rings. The molecule has 0 aromatic heterocycles. The standard InChI is InChI=1S/C23H28N2OS2/c1-3-5-6-10-17-26-18-25(4-2)21-15-13-20(14-16-21)23-22(27-24-28-23)19-11-8-7-9-12-19/h3,7-9,11-16,24H,1,4-6,10,17-18H2,2H3. The van der Waals surface area contributed by atoms with Crippen LogP contribution in [0, 0.1) is 0 Å². The third-order valence-corrected chi connectivity index (χ3v) is 6.68. The van der Waals surface area contributed by atoms with Crippen LogP contribution in [0.4, 0.5) is 5.69 Å². The first-order valence-corrected chi connectivity index (χ1v) is 11.4. The van der Waals surface area contributed by atoms with E-state index in [9.17, 15) is 0 Å². The molecule has 0 bridgehead atoms. The van der Waals surface area contributed by atoms with Gasteiger partial charge in [0.2, 0.25) is 0 Å². The van der Waals surface area contributed by atoms with Crippen molar-refractivity contribution in [1.82, 2.24) is 4.13 Å². The van der Waals surface area contributed by atoms with Crippen molar-refractivity contribution in [2.75, 3.05) is 24.8 Å². The molecule has 2 aromatic carbocycles. The van der Waals surface area contributed by atoms with E-state index in [1.54, 1.807) is 23.9 Å². The van der Waals surface area contributed by atoms with Crippen molar-refractivity contribution < 1.29 is 4.74 Å². The quantitative estimate of drug-likeness (QED) is 0.195. The van der Waals surface area contributed by atoms with Gasteiger partial charge in [-0.15, -0.1) is 6.58 Å². The molecular formula is C23H28N2OS2. The summed E-state index contributed by atoms with van der Waals surface area (Å²) in [5.74, 6) is 0. The lowest BCUT2D eigenvalue weighted by atomic mass is 10.1. The molecule has 0 atom stereocenters. The maximum atomic E-state index is 5.86. The van der Waals surface area contributed by atoms with Crippen LogP contribution in [0.2, 0.25) is 0 Å². The summed E-state index contributed by atoms with van der Waals surface area (Å²) in [7, 11) is 0. The Hall–Kier alpha value is -1.66. The molecular weight excluding hydrogens is 384 g/mol. The molecule has 28 heavy (non-hydrogen) atoms. The van der Waals surface area contributed by atoms with Crippen LogP contribution in [0.5, 0.6) is 0 Å². The molecule has 0 fully saturated rings. The normalized spacial score (nSPS) is 13.8. The summed E-state index contributed by atoms with van der Waals surface area (Å²) in [4.78, 5) is 4.83. The van der Waals surface area contributed by atoms with E-state index in [4.69, 9.17) is 4.74 Å². The lowest BCUT2D eigenvalue weighted by molar-refractivity contribution is 0.131. The van der Waals surface area contributed by atoms with E-state index in [2.05, 4.69) is 77.1 Å². The van der Waals surface area contributed by atoms with Gasteiger partial charge in [-0.1, -0.05) is 48.5 Å². The average Bonchev–Trinajstić information content (AvgIpc) is 3.24. The number of hydrogen-bond acceptors (Lipinski definition) is 5. The van der Waals surface area contributed by atoms with Gasteiger partial charge in [0.25, 0.3) is 0 Å². The molecule has 0 amide bonds. The number of rotatable bonds is 11. The van der Waals surface area contributed by atoms with E-state index in [1.165, 1.54) is 26.6 Å². The fourth-order valence-electron chi connectivity index (χ4n) is 3.01. The van der Waals surface area contributed by atoms with E-state index in [0.717, 1.165) is 32.4 Å². The van der Waals surface area contributed by atoms with Crippen LogP contribution in [0.15, 0.2) is 67.3 Å². The Morgan fingerprint density at radius 2 is 1.64 bits per heavy atom. The van der Waals surface area contributed by atoms with E-state index in [0.29, 0.717) is 6.73 Å². The number of anilines is 1. The second-order valence-electron chi connectivity index (χ2n) is 6.54. The van der Waals surface area contributed by atoms with Gasteiger partial charge in [0.15, 0.2) is 0 Å². The highest BCUT2D eigenvalue weighted by molar-refractivity contribution is 8.25. The minimum atomic E-state index is 0.633. The van der Waals surface area contributed by atoms with Crippen molar-refractivity contribution in [2.24, 2.45) is 0 Å². The van der Waals surface area contributed by atoms with Crippen LogP contribution >= 0.6 is 23.9 Å². The van der Waals surface area contributed by atoms with Gasteiger partial charge >= 0.3 is 0 Å². The lowest BCUT2D eigenvalue weighted by Gasteiger charge is -2.23. The summed E-state index contributed by atoms with van der Waals surface area (Å²) in [5.41, 5.74) is 3.69. The fraction of sp³-hybridized carbons (Fsp3) is 0.304. The SMILES string of the molecule is C=CCCCCOCN(CC)c1ccc(C2=C(c3ccccc3)SNS2)cc1. The third kappa shape index (κ3) is 5.67.